The Morgan fingerprint density at radius 2 is 1.85 bits per heavy atom. The molecule has 0 saturated carbocycles. The third-order valence-electron chi connectivity index (χ3n) is 7.11. The van der Waals surface area contributed by atoms with E-state index < -0.39 is 12.7 Å². The highest BCUT2D eigenvalue weighted by atomic mass is 19.4. The van der Waals surface area contributed by atoms with Gasteiger partial charge in [0, 0.05) is 42.8 Å². The van der Waals surface area contributed by atoms with Crippen LogP contribution in [0.3, 0.4) is 0 Å². The van der Waals surface area contributed by atoms with Gasteiger partial charge in [0.05, 0.1) is 50.8 Å². The minimum Gasteiger partial charge on any atom is -0.508 e. The van der Waals surface area contributed by atoms with Gasteiger partial charge in [-0.1, -0.05) is 18.1 Å². The summed E-state index contributed by atoms with van der Waals surface area (Å²) in [5.74, 6) is 6.07. The molecular weight excluding hydrogens is 537 g/mol. The maximum Gasteiger partial charge on any atom is 0.406 e. The number of ether oxygens (including phenoxy) is 2. The lowest BCUT2D eigenvalue weighted by Crippen LogP contribution is -2.40. The molecule has 0 radical (unpaired) electrons. The smallest absolute Gasteiger partial charge is 0.406 e. The fourth-order valence-corrected chi connectivity index (χ4v) is 5.09. The first kappa shape index (κ1) is 30.9. The predicted molar refractivity (Wildman–Crippen MR) is 153 cm³/mol. The summed E-state index contributed by atoms with van der Waals surface area (Å²) >= 11 is 0. The summed E-state index contributed by atoms with van der Waals surface area (Å²) in [6.45, 7) is 3.71. The number of aliphatic hydroxyl groups is 2. The van der Waals surface area contributed by atoms with Gasteiger partial charge in [0.1, 0.15) is 12.3 Å². The molecule has 41 heavy (non-hydrogen) atoms. The summed E-state index contributed by atoms with van der Waals surface area (Å²) in [7, 11) is 0. The topological polar surface area (TPSA) is 91.2 Å². The summed E-state index contributed by atoms with van der Waals surface area (Å²) in [6, 6.07) is 7.28. The largest absolute Gasteiger partial charge is 0.508 e. The maximum atomic E-state index is 13.5. The molecule has 11 heteroatoms. The zero-order chi connectivity index (χ0) is 29.1. The van der Waals surface area contributed by atoms with Crippen LogP contribution in [0, 0.1) is 11.8 Å². The van der Waals surface area contributed by atoms with Crippen molar-refractivity contribution >= 4 is 16.6 Å². The number of benzene rings is 1. The number of piperidine rings is 1. The third-order valence-corrected chi connectivity index (χ3v) is 7.11. The van der Waals surface area contributed by atoms with E-state index in [0.29, 0.717) is 44.1 Å². The lowest BCUT2D eigenvalue weighted by atomic mass is 10.0. The van der Waals surface area contributed by atoms with Gasteiger partial charge in [-0.15, -0.1) is 0 Å². The first-order chi connectivity index (χ1) is 19.8. The van der Waals surface area contributed by atoms with Crippen molar-refractivity contribution in [2.24, 2.45) is 0 Å². The lowest BCUT2D eigenvalue weighted by Gasteiger charge is -2.32. The van der Waals surface area contributed by atoms with Crippen LogP contribution in [-0.4, -0.2) is 97.2 Å². The summed E-state index contributed by atoms with van der Waals surface area (Å²) in [6.07, 6.45) is 3.33. The number of allylic oxidation sites excluding steroid dienone is 1. The van der Waals surface area contributed by atoms with Crippen molar-refractivity contribution < 1.29 is 32.9 Å². The van der Waals surface area contributed by atoms with Crippen molar-refractivity contribution in [2.75, 3.05) is 64.5 Å². The monoisotopic (exact) mass is 576 g/mol. The molecule has 0 amide bonds. The minimum atomic E-state index is -4.39. The quantitative estimate of drug-likeness (QED) is 0.213. The fourth-order valence-electron chi connectivity index (χ4n) is 5.09. The molecule has 1 unspecified atom stereocenters. The number of fused-ring (bicyclic) bond motifs is 1. The Morgan fingerprint density at radius 1 is 1.07 bits per heavy atom. The average Bonchev–Trinajstić information content (AvgIpc) is 3.28. The van der Waals surface area contributed by atoms with Crippen LogP contribution in [0.1, 0.15) is 25.0 Å². The number of rotatable bonds is 13. The molecule has 2 heterocycles. The molecule has 8 nitrogen and oxygen atoms in total. The zero-order valence-electron chi connectivity index (χ0n) is 23.1. The second kappa shape index (κ2) is 15.3. The summed E-state index contributed by atoms with van der Waals surface area (Å²) in [5, 5.41) is 25.8. The molecule has 1 aromatic carbocycles. The highest BCUT2D eigenvalue weighted by molar-refractivity contribution is 5.94. The summed E-state index contributed by atoms with van der Waals surface area (Å²) < 4.78 is 52.6. The Kier molecular flexibility index (Phi) is 11.5. The van der Waals surface area contributed by atoms with Crippen molar-refractivity contribution in [3.63, 3.8) is 0 Å². The number of aliphatic hydroxyl groups excluding tert-OH is 2. The molecule has 4 N–H and O–H groups in total. The van der Waals surface area contributed by atoms with Crippen LogP contribution in [-0.2, 0) is 16.0 Å². The number of alkyl halides is 3. The Hall–Kier alpha value is -3.01. The Bertz CT molecular complexity index is 1240. The van der Waals surface area contributed by atoms with E-state index in [1.54, 1.807) is 30.4 Å². The Morgan fingerprint density at radius 3 is 2.59 bits per heavy atom. The second-order valence-corrected chi connectivity index (χ2v) is 10.2. The van der Waals surface area contributed by atoms with E-state index in [1.165, 1.54) is 4.57 Å². The van der Waals surface area contributed by atoms with Crippen LogP contribution in [0.5, 0.6) is 0 Å². The van der Waals surface area contributed by atoms with Crippen LogP contribution in [0.15, 0.2) is 48.3 Å². The van der Waals surface area contributed by atoms with Crippen molar-refractivity contribution in [1.82, 2.24) is 14.8 Å². The van der Waals surface area contributed by atoms with Crippen LogP contribution in [0.2, 0.25) is 0 Å². The Labute approximate surface area is 238 Å². The molecule has 224 valence electrons. The number of halogens is 3. The van der Waals surface area contributed by atoms with E-state index in [4.69, 9.17) is 14.6 Å². The first-order valence-electron chi connectivity index (χ1n) is 14.1. The van der Waals surface area contributed by atoms with E-state index in [0.717, 1.165) is 43.5 Å². The SMILES string of the molecule is OCCOCCOCCN1CCC(Nc2cccc3c2cc(C#CCNC2C=C(O)C=CC2)n3CC(F)(F)F)CC1. The number of nitrogens with zero attached hydrogens (tertiary/aromatic N) is 2. The lowest BCUT2D eigenvalue weighted by molar-refractivity contribution is -0.140. The van der Waals surface area contributed by atoms with Crippen LogP contribution in [0.4, 0.5) is 18.9 Å². The van der Waals surface area contributed by atoms with Crippen LogP contribution in [0.25, 0.3) is 10.9 Å². The second-order valence-electron chi connectivity index (χ2n) is 10.2. The summed E-state index contributed by atoms with van der Waals surface area (Å²) in [4.78, 5) is 2.34. The first-order valence-corrected chi connectivity index (χ1v) is 14.1. The highest BCUT2D eigenvalue weighted by Gasteiger charge is 2.30. The van der Waals surface area contributed by atoms with Gasteiger partial charge in [-0.25, -0.2) is 0 Å². The van der Waals surface area contributed by atoms with Gasteiger partial charge in [-0.2, -0.15) is 13.2 Å². The average molecular weight is 577 g/mol. The normalized spacial score (nSPS) is 18.3. The Balaban J connectivity index is 1.36. The number of aromatic nitrogens is 1. The van der Waals surface area contributed by atoms with E-state index in [9.17, 15) is 18.3 Å². The maximum absolute atomic E-state index is 13.5. The van der Waals surface area contributed by atoms with Crippen molar-refractivity contribution in [3.8, 4) is 11.8 Å². The molecule has 4 rings (SSSR count). The minimum absolute atomic E-state index is 0.00794. The number of anilines is 1. The van der Waals surface area contributed by atoms with E-state index in [2.05, 4.69) is 27.4 Å². The summed E-state index contributed by atoms with van der Waals surface area (Å²) in [5.41, 5.74) is 1.61. The van der Waals surface area contributed by atoms with Gasteiger partial charge in [0.15, 0.2) is 0 Å². The number of likely N-dealkylation sites (tertiary alicyclic amines) is 1. The van der Waals surface area contributed by atoms with Gasteiger partial charge in [0.25, 0.3) is 0 Å². The molecule has 1 aliphatic carbocycles. The van der Waals surface area contributed by atoms with Gasteiger partial charge in [-0.3, -0.25) is 5.32 Å². The molecule has 0 spiro atoms. The zero-order valence-corrected chi connectivity index (χ0v) is 23.1. The molecule has 1 atom stereocenters. The van der Waals surface area contributed by atoms with Crippen molar-refractivity contribution in [1.29, 1.82) is 0 Å². The van der Waals surface area contributed by atoms with E-state index >= 15 is 0 Å². The molecule has 1 aromatic heterocycles. The predicted octanol–water partition coefficient (Wildman–Crippen LogP) is 3.82. The van der Waals surface area contributed by atoms with Gasteiger partial charge < -0.3 is 34.5 Å². The molecule has 1 saturated heterocycles. The number of hydrogen-bond donors (Lipinski definition) is 4. The number of nitrogens with one attached hydrogen (secondary N) is 2. The molecular formula is C30H39F3N4O4. The molecule has 1 aliphatic heterocycles. The fraction of sp³-hybridized carbons (Fsp3) is 0.533. The van der Waals surface area contributed by atoms with Gasteiger partial charge in [-0.05, 0) is 55.5 Å². The van der Waals surface area contributed by atoms with Gasteiger partial charge in [0.2, 0.25) is 0 Å². The van der Waals surface area contributed by atoms with Crippen LogP contribution >= 0.6 is 0 Å². The van der Waals surface area contributed by atoms with E-state index in [1.807, 2.05) is 12.1 Å². The molecule has 1 fully saturated rings. The molecule has 2 aliphatic rings. The van der Waals surface area contributed by atoms with E-state index in [-0.39, 0.29) is 31.0 Å². The standard InChI is InChI=1S/C30H39F3N4O4/c31-30(32,33)22-37-25(5-3-11-34-24-4-1-6-26(39)20-24)21-27-28(7-2-8-29(27)37)35-23-9-12-36(13-10-23)14-16-40-18-19-41-17-15-38/h1-2,6-8,20-21,23-24,34-35,38-39H,4,9-19,22H2. The van der Waals surface area contributed by atoms with Gasteiger partial charge >= 0.3 is 6.18 Å². The number of hydrogen-bond acceptors (Lipinski definition) is 7. The highest BCUT2D eigenvalue weighted by Crippen LogP contribution is 2.31. The van der Waals surface area contributed by atoms with Crippen LogP contribution < -0.4 is 10.6 Å². The van der Waals surface area contributed by atoms with Crippen molar-refractivity contribution in [3.05, 3.63) is 53.9 Å². The third kappa shape index (κ3) is 9.80. The van der Waals surface area contributed by atoms with Crippen molar-refractivity contribution in [2.45, 2.75) is 44.1 Å². The molecule has 2 aromatic rings. The molecule has 0 bridgehead atoms.